The lowest BCUT2D eigenvalue weighted by molar-refractivity contribution is 0.600. The van der Waals surface area contributed by atoms with Crippen molar-refractivity contribution < 1.29 is 4.39 Å². The van der Waals surface area contributed by atoms with Gasteiger partial charge >= 0.3 is 0 Å². The fourth-order valence-electron chi connectivity index (χ4n) is 0.857. The Hall–Kier alpha value is -0.500. The highest BCUT2D eigenvalue weighted by atomic mass is 32.2. The van der Waals surface area contributed by atoms with Gasteiger partial charge in [0, 0.05) is 9.64 Å². The molecule has 0 aliphatic heterocycles. The van der Waals surface area contributed by atoms with Crippen molar-refractivity contribution in [3.63, 3.8) is 0 Å². The zero-order valence-electron chi connectivity index (χ0n) is 7.60. The molecule has 0 bridgehead atoms. The molecule has 66 valence electrons. The standard InChI is InChI=1S/C10H13FS/c1-10(2,3)12-9-7-5-4-6-8(9)11/h4-7H,1-3H3. The molecule has 0 spiro atoms. The van der Waals surface area contributed by atoms with Crippen LogP contribution >= 0.6 is 11.8 Å². The van der Waals surface area contributed by atoms with Crippen LogP contribution in [0.5, 0.6) is 0 Å². The van der Waals surface area contributed by atoms with E-state index in [1.165, 1.54) is 6.07 Å². The maximum Gasteiger partial charge on any atom is 0.136 e. The Bertz CT molecular complexity index is 263. The minimum atomic E-state index is -0.127. The molecule has 0 aromatic heterocycles. The van der Waals surface area contributed by atoms with Gasteiger partial charge in [0.15, 0.2) is 0 Å². The Morgan fingerprint density at radius 1 is 1.17 bits per heavy atom. The van der Waals surface area contributed by atoms with E-state index in [9.17, 15) is 4.39 Å². The first kappa shape index (κ1) is 9.59. The monoisotopic (exact) mass is 184 g/mol. The lowest BCUT2D eigenvalue weighted by Gasteiger charge is -2.17. The lowest BCUT2D eigenvalue weighted by Crippen LogP contribution is -2.07. The van der Waals surface area contributed by atoms with Gasteiger partial charge in [-0.1, -0.05) is 32.9 Å². The molecule has 0 atom stereocenters. The third-order valence-electron chi connectivity index (χ3n) is 1.25. The van der Waals surface area contributed by atoms with Gasteiger partial charge in [0.2, 0.25) is 0 Å². The zero-order valence-corrected chi connectivity index (χ0v) is 8.41. The molecule has 0 aliphatic carbocycles. The highest BCUT2D eigenvalue weighted by Gasteiger charge is 2.13. The van der Waals surface area contributed by atoms with E-state index >= 15 is 0 Å². The summed E-state index contributed by atoms with van der Waals surface area (Å²) >= 11 is 1.55. The highest BCUT2D eigenvalue weighted by Crippen LogP contribution is 2.32. The predicted molar refractivity (Wildman–Crippen MR) is 52.0 cm³/mol. The first-order valence-electron chi connectivity index (χ1n) is 3.92. The van der Waals surface area contributed by atoms with Crippen molar-refractivity contribution in [3.8, 4) is 0 Å². The Morgan fingerprint density at radius 2 is 1.75 bits per heavy atom. The van der Waals surface area contributed by atoms with Crippen molar-refractivity contribution in [1.29, 1.82) is 0 Å². The summed E-state index contributed by atoms with van der Waals surface area (Å²) in [4.78, 5) is 0.727. The Morgan fingerprint density at radius 3 is 2.25 bits per heavy atom. The van der Waals surface area contributed by atoms with Gasteiger partial charge in [-0.05, 0) is 12.1 Å². The molecular weight excluding hydrogens is 171 g/mol. The molecule has 0 radical (unpaired) electrons. The quantitative estimate of drug-likeness (QED) is 0.599. The summed E-state index contributed by atoms with van der Waals surface area (Å²) in [6, 6.07) is 6.87. The summed E-state index contributed by atoms with van der Waals surface area (Å²) in [5.41, 5.74) is 0. The molecule has 0 fully saturated rings. The smallest absolute Gasteiger partial charge is 0.136 e. The molecule has 0 amide bonds. The van der Waals surface area contributed by atoms with Gasteiger partial charge in [-0.25, -0.2) is 4.39 Å². The van der Waals surface area contributed by atoms with Gasteiger partial charge in [0.25, 0.3) is 0 Å². The van der Waals surface area contributed by atoms with Crippen LogP contribution in [0.4, 0.5) is 4.39 Å². The predicted octanol–water partition coefficient (Wildman–Crippen LogP) is 3.72. The van der Waals surface area contributed by atoms with Crippen molar-refractivity contribution in [1.82, 2.24) is 0 Å². The summed E-state index contributed by atoms with van der Waals surface area (Å²) in [6.07, 6.45) is 0. The van der Waals surface area contributed by atoms with E-state index in [0.29, 0.717) is 0 Å². The topological polar surface area (TPSA) is 0 Å². The average Bonchev–Trinajstić information content (AvgIpc) is 1.91. The normalized spacial score (nSPS) is 11.7. The second-order valence-corrected chi connectivity index (χ2v) is 5.51. The van der Waals surface area contributed by atoms with Crippen LogP contribution in [0.15, 0.2) is 29.2 Å². The molecule has 0 heterocycles. The second-order valence-electron chi connectivity index (χ2n) is 3.64. The van der Waals surface area contributed by atoms with Gasteiger partial charge < -0.3 is 0 Å². The zero-order chi connectivity index (χ0) is 9.19. The van der Waals surface area contributed by atoms with Gasteiger partial charge in [-0.2, -0.15) is 0 Å². The maximum absolute atomic E-state index is 13.1. The van der Waals surface area contributed by atoms with E-state index < -0.39 is 0 Å². The van der Waals surface area contributed by atoms with Crippen LogP contribution in [-0.2, 0) is 0 Å². The molecule has 12 heavy (non-hydrogen) atoms. The summed E-state index contributed by atoms with van der Waals surface area (Å²) < 4.78 is 13.2. The minimum Gasteiger partial charge on any atom is -0.206 e. The Kier molecular flexibility index (Phi) is 2.78. The van der Waals surface area contributed by atoms with Crippen LogP contribution in [-0.4, -0.2) is 4.75 Å². The van der Waals surface area contributed by atoms with E-state index in [1.54, 1.807) is 17.8 Å². The third-order valence-corrected chi connectivity index (χ3v) is 2.42. The number of thioether (sulfide) groups is 1. The minimum absolute atomic E-state index is 0.0716. The molecule has 0 N–H and O–H groups in total. The summed E-state index contributed by atoms with van der Waals surface area (Å²) in [7, 11) is 0. The van der Waals surface area contributed by atoms with E-state index in [0.717, 1.165) is 4.90 Å². The Balaban J connectivity index is 2.83. The molecule has 0 saturated heterocycles. The second kappa shape index (κ2) is 3.48. The van der Waals surface area contributed by atoms with Crippen molar-refractivity contribution in [3.05, 3.63) is 30.1 Å². The summed E-state index contributed by atoms with van der Waals surface area (Å²) in [6.45, 7) is 6.22. The SMILES string of the molecule is CC(C)(C)Sc1ccccc1F. The first-order valence-corrected chi connectivity index (χ1v) is 4.74. The molecular formula is C10H13FS. The first-order chi connectivity index (χ1) is 5.49. The van der Waals surface area contributed by atoms with Crippen LogP contribution in [0.25, 0.3) is 0 Å². The van der Waals surface area contributed by atoms with Crippen LogP contribution < -0.4 is 0 Å². The molecule has 0 nitrogen and oxygen atoms in total. The van der Waals surface area contributed by atoms with Gasteiger partial charge in [-0.3, -0.25) is 0 Å². The van der Waals surface area contributed by atoms with E-state index in [-0.39, 0.29) is 10.6 Å². The van der Waals surface area contributed by atoms with E-state index in [4.69, 9.17) is 0 Å². The van der Waals surface area contributed by atoms with Crippen molar-refractivity contribution in [2.75, 3.05) is 0 Å². The molecule has 1 aromatic rings. The fraction of sp³-hybridized carbons (Fsp3) is 0.400. The third kappa shape index (κ3) is 2.86. The highest BCUT2D eigenvalue weighted by molar-refractivity contribution is 8.00. The molecule has 1 aromatic carbocycles. The molecule has 0 unspecified atom stereocenters. The number of rotatable bonds is 1. The number of halogens is 1. The average molecular weight is 184 g/mol. The van der Waals surface area contributed by atoms with Crippen molar-refractivity contribution in [2.45, 2.75) is 30.4 Å². The number of benzene rings is 1. The molecule has 1 rings (SSSR count). The van der Waals surface area contributed by atoms with Crippen LogP contribution in [0, 0.1) is 5.82 Å². The van der Waals surface area contributed by atoms with Crippen LogP contribution in [0.1, 0.15) is 20.8 Å². The van der Waals surface area contributed by atoms with Crippen molar-refractivity contribution in [2.24, 2.45) is 0 Å². The van der Waals surface area contributed by atoms with E-state index in [1.807, 2.05) is 12.1 Å². The lowest BCUT2D eigenvalue weighted by atomic mass is 10.3. The number of hydrogen-bond acceptors (Lipinski definition) is 1. The Labute approximate surface area is 77.2 Å². The van der Waals surface area contributed by atoms with Crippen molar-refractivity contribution >= 4 is 11.8 Å². The summed E-state index contributed by atoms with van der Waals surface area (Å²) in [5, 5.41) is 0. The largest absolute Gasteiger partial charge is 0.206 e. The van der Waals surface area contributed by atoms with Crippen LogP contribution in [0.3, 0.4) is 0 Å². The molecule has 2 heteroatoms. The van der Waals surface area contributed by atoms with Crippen LogP contribution in [0.2, 0.25) is 0 Å². The molecule has 0 aliphatic rings. The molecule has 0 saturated carbocycles. The van der Waals surface area contributed by atoms with Gasteiger partial charge in [0.1, 0.15) is 5.82 Å². The van der Waals surface area contributed by atoms with Gasteiger partial charge in [0.05, 0.1) is 0 Å². The van der Waals surface area contributed by atoms with E-state index in [2.05, 4.69) is 20.8 Å². The fourth-order valence-corrected chi connectivity index (χ4v) is 1.83. The number of hydrogen-bond donors (Lipinski definition) is 0. The van der Waals surface area contributed by atoms with Gasteiger partial charge in [-0.15, -0.1) is 11.8 Å². The maximum atomic E-state index is 13.1. The summed E-state index contributed by atoms with van der Waals surface area (Å²) in [5.74, 6) is -0.127.